The topological polar surface area (TPSA) is 60.7 Å². The highest BCUT2D eigenvalue weighted by molar-refractivity contribution is 6.43. The number of aliphatic hydroxyl groups excluding tert-OH is 1. The molecule has 0 fully saturated rings. The van der Waals surface area contributed by atoms with E-state index in [1.54, 1.807) is 6.08 Å². The summed E-state index contributed by atoms with van der Waals surface area (Å²) in [7, 11) is -1.24. The van der Waals surface area contributed by atoms with Crippen LogP contribution in [-0.2, 0) is 0 Å². The molecule has 0 aromatic carbocycles. The van der Waals surface area contributed by atoms with Crippen LogP contribution in [0.25, 0.3) is 0 Å². The summed E-state index contributed by atoms with van der Waals surface area (Å²) in [4.78, 5) is 0. The summed E-state index contributed by atoms with van der Waals surface area (Å²) in [5.41, 5.74) is 0. The first-order valence-corrected chi connectivity index (χ1v) is 3.89. The minimum atomic E-state index is -1.24. The Labute approximate surface area is 66.5 Å². The zero-order valence-corrected chi connectivity index (χ0v) is 6.35. The third kappa shape index (κ3) is 2.32. The lowest BCUT2D eigenvalue weighted by molar-refractivity contribution is 0.239. The van der Waals surface area contributed by atoms with Crippen LogP contribution in [0.15, 0.2) is 12.2 Å². The first kappa shape index (κ1) is 8.78. The first-order valence-electron chi connectivity index (χ1n) is 3.89. The SMILES string of the molecule is OC[C@@H]1C=CC(B(O)O)CC1. The molecule has 0 aromatic heterocycles. The van der Waals surface area contributed by atoms with Gasteiger partial charge in [0.05, 0.1) is 0 Å². The van der Waals surface area contributed by atoms with Gasteiger partial charge in [0, 0.05) is 12.4 Å². The van der Waals surface area contributed by atoms with Gasteiger partial charge in [0.15, 0.2) is 0 Å². The second-order valence-electron chi connectivity index (χ2n) is 2.98. The lowest BCUT2D eigenvalue weighted by Crippen LogP contribution is -2.22. The number of allylic oxidation sites excluding steroid dienone is 1. The maximum atomic E-state index is 8.78. The molecule has 0 aromatic rings. The van der Waals surface area contributed by atoms with E-state index in [1.807, 2.05) is 6.08 Å². The Bertz CT molecular complexity index is 147. The number of hydrogen-bond donors (Lipinski definition) is 3. The minimum absolute atomic E-state index is 0.141. The summed E-state index contributed by atoms with van der Waals surface area (Å²) in [5.74, 6) is 0.0720. The fourth-order valence-electron chi connectivity index (χ4n) is 1.30. The monoisotopic (exact) mass is 156 g/mol. The average molecular weight is 156 g/mol. The molecule has 1 aliphatic rings. The van der Waals surface area contributed by atoms with Crippen molar-refractivity contribution in [3.8, 4) is 0 Å². The summed E-state index contributed by atoms with van der Waals surface area (Å²) in [5, 5.41) is 26.3. The van der Waals surface area contributed by atoms with E-state index < -0.39 is 7.12 Å². The molecule has 0 amide bonds. The molecule has 3 nitrogen and oxygen atoms in total. The molecule has 0 bridgehead atoms. The van der Waals surface area contributed by atoms with Gasteiger partial charge in [0.2, 0.25) is 0 Å². The quantitative estimate of drug-likeness (QED) is 0.382. The van der Waals surface area contributed by atoms with Crippen molar-refractivity contribution in [3.05, 3.63) is 12.2 Å². The Hall–Kier alpha value is -0.315. The number of aliphatic hydroxyl groups is 1. The Kier molecular flexibility index (Phi) is 3.11. The highest BCUT2D eigenvalue weighted by Gasteiger charge is 2.24. The van der Waals surface area contributed by atoms with Gasteiger partial charge in [-0.2, -0.15) is 0 Å². The fraction of sp³-hybridized carbons (Fsp3) is 0.714. The van der Waals surface area contributed by atoms with Crippen LogP contribution in [0.1, 0.15) is 12.8 Å². The Morgan fingerprint density at radius 3 is 2.36 bits per heavy atom. The van der Waals surface area contributed by atoms with Crippen molar-refractivity contribution < 1.29 is 15.2 Å². The van der Waals surface area contributed by atoms with Crippen LogP contribution < -0.4 is 0 Å². The Morgan fingerprint density at radius 2 is 2.00 bits per heavy atom. The maximum Gasteiger partial charge on any atom is 0.458 e. The van der Waals surface area contributed by atoms with E-state index in [9.17, 15) is 0 Å². The first-order chi connectivity index (χ1) is 5.24. The van der Waals surface area contributed by atoms with Gasteiger partial charge >= 0.3 is 7.12 Å². The largest absolute Gasteiger partial charge is 0.458 e. The molecule has 0 heterocycles. The minimum Gasteiger partial charge on any atom is -0.427 e. The molecule has 1 unspecified atom stereocenters. The van der Waals surface area contributed by atoms with Gasteiger partial charge in [0.1, 0.15) is 0 Å². The molecule has 1 aliphatic carbocycles. The molecule has 0 spiro atoms. The normalized spacial score (nSPS) is 30.5. The molecule has 2 atom stereocenters. The summed E-state index contributed by atoms with van der Waals surface area (Å²) in [6.07, 6.45) is 5.22. The summed E-state index contributed by atoms with van der Waals surface area (Å²) >= 11 is 0. The van der Waals surface area contributed by atoms with Crippen LogP contribution >= 0.6 is 0 Å². The molecular weight excluding hydrogens is 143 g/mol. The van der Waals surface area contributed by atoms with Crippen molar-refractivity contribution in [2.75, 3.05) is 6.61 Å². The second kappa shape index (κ2) is 3.90. The van der Waals surface area contributed by atoms with Crippen molar-refractivity contribution in [2.24, 2.45) is 5.92 Å². The number of rotatable bonds is 2. The third-order valence-electron chi connectivity index (χ3n) is 2.12. The second-order valence-corrected chi connectivity index (χ2v) is 2.98. The predicted molar refractivity (Wildman–Crippen MR) is 42.9 cm³/mol. The molecule has 3 N–H and O–H groups in total. The lowest BCUT2D eigenvalue weighted by atomic mass is 9.67. The van der Waals surface area contributed by atoms with E-state index in [0.717, 1.165) is 12.8 Å². The van der Waals surface area contributed by atoms with Crippen molar-refractivity contribution >= 4 is 7.12 Å². The Balaban J connectivity index is 2.42. The fourth-order valence-corrected chi connectivity index (χ4v) is 1.30. The lowest BCUT2D eigenvalue weighted by Gasteiger charge is -2.20. The van der Waals surface area contributed by atoms with Crippen LogP contribution in [0, 0.1) is 5.92 Å². The van der Waals surface area contributed by atoms with Gasteiger partial charge in [-0.1, -0.05) is 12.2 Å². The van der Waals surface area contributed by atoms with Gasteiger partial charge in [-0.3, -0.25) is 0 Å². The average Bonchev–Trinajstić information content (AvgIpc) is 2.05. The molecule has 0 aliphatic heterocycles. The van der Waals surface area contributed by atoms with E-state index in [1.165, 1.54) is 0 Å². The van der Waals surface area contributed by atoms with Gasteiger partial charge < -0.3 is 15.2 Å². The van der Waals surface area contributed by atoms with Crippen LogP contribution in [0.3, 0.4) is 0 Å². The highest BCUT2D eigenvalue weighted by atomic mass is 16.4. The molecule has 11 heavy (non-hydrogen) atoms. The number of hydrogen-bond acceptors (Lipinski definition) is 3. The van der Waals surface area contributed by atoms with E-state index >= 15 is 0 Å². The zero-order valence-electron chi connectivity index (χ0n) is 6.35. The van der Waals surface area contributed by atoms with Crippen LogP contribution in [-0.4, -0.2) is 28.9 Å². The third-order valence-corrected chi connectivity index (χ3v) is 2.12. The van der Waals surface area contributed by atoms with Crippen molar-refractivity contribution in [3.63, 3.8) is 0 Å². The van der Waals surface area contributed by atoms with Crippen LogP contribution in [0.2, 0.25) is 5.82 Å². The summed E-state index contributed by atoms with van der Waals surface area (Å²) < 4.78 is 0. The molecule has 0 saturated heterocycles. The molecular formula is C7H13BO3. The zero-order chi connectivity index (χ0) is 8.27. The highest BCUT2D eigenvalue weighted by Crippen LogP contribution is 2.26. The van der Waals surface area contributed by atoms with Crippen molar-refractivity contribution in [1.29, 1.82) is 0 Å². The molecule has 62 valence electrons. The van der Waals surface area contributed by atoms with E-state index in [4.69, 9.17) is 15.2 Å². The maximum absolute atomic E-state index is 8.78. The van der Waals surface area contributed by atoms with Gasteiger partial charge in [-0.05, 0) is 18.8 Å². The van der Waals surface area contributed by atoms with Crippen LogP contribution in [0.4, 0.5) is 0 Å². The van der Waals surface area contributed by atoms with Crippen LogP contribution in [0.5, 0.6) is 0 Å². The van der Waals surface area contributed by atoms with Gasteiger partial charge in [-0.15, -0.1) is 0 Å². The molecule has 0 radical (unpaired) electrons. The molecule has 0 saturated carbocycles. The summed E-state index contributed by atoms with van der Waals surface area (Å²) in [6, 6.07) is 0. The predicted octanol–water partition coefficient (Wildman–Crippen LogP) is -0.212. The standard InChI is InChI=1S/C7H13BO3/c9-5-6-1-3-7(4-2-6)8(10)11/h1,3,6-7,9-11H,2,4-5H2/t6-,7?/m1/s1. The molecule has 1 rings (SSSR count). The van der Waals surface area contributed by atoms with E-state index in [2.05, 4.69) is 0 Å². The van der Waals surface area contributed by atoms with Crippen molar-refractivity contribution in [1.82, 2.24) is 0 Å². The van der Waals surface area contributed by atoms with Crippen molar-refractivity contribution in [2.45, 2.75) is 18.7 Å². The van der Waals surface area contributed by atoms with E-state index in [0.29, 0.717) is 0 Å². The van der Waals surface area contributed by atoms with E-state index in [-0.39, 0.29) is 18.3 Å². The van der Waals surface area contributed by atoms with Gasteiger partial charge in [0.25, 0.3) is 0 Å². The smallest absolute Gasteiger partial charge is 0.427 e. The Morgan fingerprint density at radius 1 is 1.27 bits per heavy atom. The summed E-state index contributed by atoms with van der Waals surface area (Å²) in [6.45, 7) is 0.157. The molecule has 4 heteroatoms. The van der Waals surface area contributed by atoms with Gasteiger partial charge in [-0.25, -0.2) is 0 Å².